The van der Waals surface area contributed by atoms with Crippen molar-refractivity contribution < 1.29 is 12.8 Å². The molecule has 1 aliphatic rings. The average Bonchev–Trinajstić information content (AvgIpc) is 2.87. The van der Waals surface area contributed by atoms with Gasteiger partial charge in [-0.15, -0.1) is 0 Å². The van der Waals surface area contributed by atoms with Crippen LogP contribution in [0.1, 0.15) is 11.5 Å². The molecule has 0 bridgehead atoms. The fourth-order valence-corrected chi connectivity index (χ4v) is 4.33. The van der Waals surface area contributed by atoms with E-state index in [0.717, 1.165) is 11.8 Å². The third-order valence-corrected chi connectivity index (χ3v) is 4.98. The van der Waals surface area contributed by atoms with E-state index in [1.165, 1.54) is 12.1 Å². The van der Waals surface area contributed by atoms with Crippen LogP contribution in [0.4, 0.5) is 4.39 Å². The first-order valence-corrected chi connectivity index (χ1v) is 7.19. The Labute approximate surface area is 99.7 Å². The summed E-state index contributed by atoms with van der Waals surface area (Å²) in [5.74, 6) is -0.705. The van der Waals surface area contributed by atoms with Gasteiger partial charge in [-0.25, -0.2) is 12.8 Å². The average molecular weight is 258 g/mol. The van der Waals surface area contributed by atoms with E-state index in [4.69, 9.17) is 11.5 Å². The molecule has 2 rings (SSSR count). The molecule has 0 aliphatic heterocycles. The maximum Gasteiger partial charge on any atom is 0.152 e. The molecule has 3 atom stereocenters. The van der Waals surface area contributed by atoms with E-state index < -0.39 is 20.6 Å². The number of halogens is 1. The van der Waals surface area contributed by atoms with Crippen molar-refractivity contribution in [2.75, 3.05) is 12.8 Å². The number of hydrogen-bond acceptors (Lipinski definition) is 4. The molecule has 1 aliphatic carbocycles. The van der Waals surface area contributed by atoms with Crippen LogP contribution in [0.15, 0.2) is 24.3 Å². The highest BCUT2D eigenvalue weighted by molar-refractivity contribution is 7.91. The lowest BCUT2D eigenvalue weighted by Crippen LogP contribution is -2.38. The van der Waals surface area contributed by atoms with Gasteiger partial charge < -0.3 is 11.5 Å². The monoisotopic (exact) mass is 258 g/mol. The van der Waals surface area contributed by atoms with E-state index >= 15 is 0 Å². The maximum atomic E-state index is 12.8. The van der Waals surface area contributed by atoms with Crippen molar-refractivity contribution in [1.82, 2.24) is 0 Å². The van der Waals surface area contributed by atoms with Gasteiger partial charge in [0, 0.05) is 18.7 Å². The van der Waals surface area contributed by atoms with Crippen molar-refractivity contribution in [2.24, 2.45) is 11.5 Å². The van der Waals surface area contributed by atoms with E-state index in [1.54, 1.807) is 12.1 Å². The zero-order valence-corrected chi connectivity index (χ0v) is 10.2. The van der Waals surface area contributed by atoms with Crippen LogP contribution in [0.25, 0.3) is 0 Å². The van der Waals surface area contributed by atoms with Crippen molar-refractivity contribution in [1.29, 1.82) is 0 Å². The van der Waals surface area contributed by atoms with E-state index in [1.807, 2.05) is 0 Å². The highest BCUT2D eigenvalue weighted by Gasteiger charge is 2.67. The van der Waals surface area contributed by atoms with Gasteiger partial charge in [-0.3, -0.25) is 0 Å². The van der Waals surface area contributed by atoms with E-state index in [-0.39, 0.29) is 18.3 Å². The minimum Gasteiger partial charge on any atom is -0.329 e. The van der Waals surface area contributed by atoms with Gasteiger partial charge in [-0.2, -0.15) is 0 Å². The molecule has 17 heavy (non-hydrogen) atoms. The first-order chi connectivity index (χ1) is 7.80. The van der Waals surface area contributed by atoms with Crippen molar-refractivity contribution >= 4 is 9.84 Å². The van der Waals surface area contributed by atoms with Gasteiger partial charge in [0.25, 0.3) is 0 Å². The zero-order chi connectivity index (χ0) is 12.8. The highest BCUT2D eigenvalue weighted by Crippen LogP contribution is 2.53. The maximum absolute atomic E-state index is 12.8. The SMILES string of the molecule is CS(=O)(=O)C1C(c2ccc(F)cc2)C1(N)CN. The van der Waals surface area contributed by atoms with Gasteiger partial charge in [-0.05, 0) is 17.7 Å². The summed E-state index contributed by atoms with van der Waals surface area (Å²) in [6.07, 6.45) is 1.15. The molecule has 0 radical (unpaired) electrons. The fourth-order valence-electron chi connectivity index (χ4n) is 2.47. The van der Waals surface area contributed by atoms with Crippen LogP contribution in [-0.4, -0.2) is 32.0 Å². The summed E-state index contributed by atoms with van der Waals surface area (Å²) in [4.78, 5) is 0. The lowest BCUT2D eigenvalue weighted by atomic mass is 10.1. The second kappa shape index (κ2) is 3.76. The summed E-state index contributed by atoms with van der Waals surface area (Å²) in [6.45, 7) is 0.0901. The van der Waals surface area contributed by atoms with Crippen LogP contribution >= 0.6 is 0 Å². The normalized spacial score (nSPS) is 32.5. The Morgan fingerprint density at radius 2 is 1.88 bits per heavy atom. The van der Waals surface area contributed by atoms with Crippen LogP contribution < -0.4 is 11.5 Å². The van der Waals surface area contributed by atoms with Crippen molar-refractivity contribution in [3.8, 4) is 0 Å². The molecule has 0 saturated heterocycles. The zero-order valence-electron chi connectivity index (χ0n) is 9.43. The van der Waals surface area contributed by atoms with Crippen molar-refractivity contribution in [3.05, 3.63) is 35.6 Å². The van der Waals surface area contributed by atoms with Crippen LogP contribution in [0.3, 0.4) is 0 Å². The smallest absolute Gasteiger partial charge is 0.152 e. The fraction of sp³-hybridized carbons (Fsp3) is 0.455. The molecule has 3 unspecified atom stereocenters. The standard InChI is InChI=1S/C11H15FN2O2S/c1-17(15,16)10-9(11(10,14)6-13)7-2-4-8(12)5-3-7/h2-5,9-10H,6,13-14H2,1H3. The molecule has 0 spiro atoms. The number of hydrogen-bond donors (Lipinski definition) is 2. The van der Waals surface area contributed by atoms with Crippen LogP contribution in [0.2, 0.25) is 0 Å². The summed E-state index contributed by atoms with van der Waals surface area (Å²) in [6, 6.07) is 5.71. The largest absolute Gasteiger partial charge is 0.329 e. The van der Waals surface area contributed by atoms with Crippen molar-refractivity contribution in [3.63, 3.8) is 0 Å². The summed E-state index contributed by atoms with van der Waals surface area (Å²) in [7, 11) is -3.26. The summed E-state index contributed by atoms with van der Waals surface area (Å²) in [5, 5.41) is -0.675. The Hall–Kier alpha value is -0.980. The second-order valence-electron chi connectivity index (χ2n) is 4.60. The van der Waals surface area contributed by atoms with Gasteiger partial charge >= 0.3 is 0 Å². The second-order valence-corrected chi connectivity index (χ2v) is 6.76. The quantitative estimate of drug-likeness (QED) is 0.798. The predicted molar refractivity (Wildman–Crippen MR) is 63.7 cm³/mol. The Balaban J connectivity index is 2.37. The number of nitrogens with two attached hydrogens (primary N) is 2. The molecule has 4 nitrogen and oxygen atoms in total. The molecule has 6 heteroatoms. The summed E-state index contributed by atoms with van der Waals surface area (Å²) >= 11 is 0. The molecule has 0 heterocycles. The minimum atomic E-state index is -3.26. The topological polar surface area (TPSA) is 86.2 Å². The summed E-state index contributed by atoms with van der Waals surface area (Å²) in [5.41, 5.74) is 11.3. The van der Waals surface area contributed by atoms with Crippen molar-refractivity contribution in [2.45, 2.75) is 16.7 Å². The molecule has 1 aromatic rings. The van der Waals surface area contributed by atoms with Gasteiger partial charge in [0.15, 0.2) is 9.84 Å². The van der Waals surface area contributed by atoms with Gasteiger partial charge in [0.05, 0.1) is 10.8 Å². The molecule has 1 saturated carbocycles. The van der Waals surface area contributed by atoms with Crippen LogP contribution in [0.5, 0.6) is 0 Å². The lowest BCUT2D eigenvalue weighted by Gasteiger charge is -2.07. The molecular weight excluding hydrogens is 243 g/mol. The Kier molecular flexibility index (Phi) is 2.76. The molecule has 1 aromatic carbocycles. The lowest BCUT2D eigenvalue weighted by molar-refractivity contribution is 0.591. The molecule has 94 valence electrons. The van der Waals surface area contributed by atoms with E-state index in [2.05, 4.69) is 0 Å². The highest BCUT2D eigenvalue weighted by atomic mass is 32.2. The molecule has 4 N–H and O–H groups in total. The number of rotatable bonds is 3. The molecule has 1 fully saturated rings. The van der Waals surface area contributed by atoms with Crippen LogP contribution in [-0.2, 0) is 9.84 Å². The Morgan fingerprint density at radius 1 is 1.35 bits per heavy atom. The Morgan fingerprint density at radius 3 is 2.24 bits per heavy atom. The van der Waals surface area contributed by atoms with E-state index in [9.17, 15) is 12.8 Å². The van der Waals surface area contributed by atoms with Gasteiger partial charge in [0.2, 0.25) is 0 Å². The molecular formula is C11H15FN2O2S. The van der Waals surface area contributed by atoms with Gasteiger partial charge in [0.1, 0.15) is 5.82 Å². The van der Waals surface area contributed by atoms with E-state index in [0.29, 0.717) is 0 Å². The third-order valence-electron chi connectivity index (χ3n) is 3.35. The number of sulfone groups is 1. The number of benzene rings is 1. The van der Waals surface area contributed by atoms with Crippen LogP contribution in [0, 0.1) is 5.82 Å². The third kappa shape index (κ3) is 1.96. The molecule has 0 aromatic heterocycles. The predicted octanol–water partition coefficient (Wildman–Crippen LogP) is -0.00770. The first-order valence-electron chi connectivity index (χ1n) is 5.24. The first kappa shape index (κ1) is 12.5. The molecule has 0 amide bonds. The summed E-state index contributed by atoms with van der Waals surface area (Å²) < 4.78 is 36.0. The minimum absolute atomic E-state index is 0.0901. The van der Waals surface area contributed by atoms with Gasteiger partial charge in [-0.1, -0.05) is 12.1 Å². The Bertz CT molecular complexity index is 529.